The first-order chi connectivity index (χ1) is 19.8. The minimum atomic E-state index is 0.658. The summed E-state index contributed by atoms with van der Waals surface area (Å²) < 4.78 is 6.04. The van der Waals surface area contributed by atoms with Crippen LogP contribution in [-0.2, 0) is 0 Å². The van der Waals surface area contributed by atoms with E-state index in [0.717, 1.165) is 33.4 Å². The van der Waals surface area contributed by atoms with Gasteiger partial charge in [0.05, 0.1) is 0 Å². The molecular weight excluding hydrogens is 488 g/mol. The van der Waals surface area contributed by atoms with Gasteiger partial charge in [-0.05, 0) is 87.3 Å². The van der Waals surface area contributed by atoms with Crippen LogP contribution < -0.4 is 4.90 Å². The molecule has 3 nitrogen and oxygen atoms in total. The van der Waals surface area contributed by atoms with Gasteiger partial charge in [-0.2, -0.15) is 0 Å². The molecule has 0 radical (unpaired) electrons. The standard InChI is InChI=1S/C37H24N2O/c1-2-7-25(8-3-1)26-14-17-29(18-15-26)39(31-20-21-36-35(24-31)33-11-6-22-38-37(33)40-36)30-19-16-28-13-12-27-9-4-5-10-32(27)34(28)23-30/h1-24H. The van der Waals surface area contributed by atoms with Crippen LogP contribution in [0, 0.1) is 0 Å². The van der Waals surface area contributed by atoms with Crippen LogP contribution >= 0.6 is 0 Å². The Labute approximate surface area is 231 Å². The number of rotatable bonds is 4. The van der Waals surface area contributed by atoms with E-state index < -0.39 is 0 Å². The van der Waals surface area contributed by atoms with Gasteiger partial charge < -0.3 is 9.32 Å². The van der Waals surface area contributed by atoms with E-state index >= 15 is 0 Å². The van der Waals surface area contributed by atoms with Crippen molar-refractivity contribution in [2.24, 2.45) is 0 Å². The quantitative estimate of drug-likeness (QED) is 0.220. The molecule has 0 saturated carbocycles. The Morgan fingerprint density at radius 3 is 1.93 bits per heavy atom. The van der Waals surface area contributed by atoms with Crippen molar-refractivity contribution in [2.75, 3.05) is 4.90 Å². The predicted molar refractivity (Wildman–Crippen MR) is 167 cm³/mol. The van der Waals surface area contributed by atoms with Crippen LogP contribution in [-0.4, -0.2) is 4.98 Å². The summed E-state index contributed by atoms with van der Waals surface area (Å²) in [5, 5.41) is 7.03. The third-order valence-corrected chi connectivity index (χ3v) is 7.71. The fourth-order valence-electron chi connectivity index (χ4n) is 5.75. The number of fused-ring (bicyclic) bond motifs is 6. The molecule has 0 bridgehead atoms. The molecule has 0 aliphatic carbocycles. The molecule has 2 heterocycles. The SMILES string of the molecule is c1ccc(-c2ccc(N(c3ccc4ccc5ccccc5c4c3)c3ccc4oc5ncccc5c4c3)cc2)cc1. The van der Waals surface area contributed by atoms with Gasteiger partial charge in [-0.25, -0.2) is 4.98 Å². The van der Waals surface area contributed by atoms with E-state index in [2.05, 4.69) is 131 Å². The van der Waals surface area contributed by atoms with E-state index in [4.69, 9.17) is 4.42 Å². The first-order valence-electron chi connectivity index (χ1n) is 13.5. The summed E-state index contributed by atoms with van der Waals surface area (Å²) >= 11 is 0. The molecule has 2 aromatic heterocycles. The zero-order valence-electron chi connectivity index (χ0n) is 21.7. The Morgan fingerprint density at radius 1 is 0.450 bits per heavy atom. The number of hydrogen-bond donors (Lipinski definition) is 0. The van der Waals surface area contributed by atoms with Gasteiger partial charge in [0.25, 0.3) is 0 Å². The molecule has 3 heteroatoms. The first kappa shape index (κ1) is 22.6. The normalized spacial score (nSPS) is 11.5. The minimum Gasteiger partial charge on any atom is -0.438 e. The molecule has 6 aromatic carbocycles. The molecular formula is C37H24N2O. The molecule has 0 spiro atoms. The van der Waals surface area contributed by atoms with Crippen LogP contribution in [0.2, 0.25) is 0 Å². The van der Waals surface area contributed by atoms with E-state index in [-0.39, 0.29) is 0 Å². The second kappa shape index (κ2) is 9.11. The average molecular weight is 513 g/mol. The lowest BCUT2D eigenvalue weighted by Crippen LogP contribution is -2.09. The van der Waals surface area contributed by atoms with Gasteiger partial charge in [0.1, 0.15) is 5.58 Å². The lowest BCUT2D eigenvalue weighted by Gasteiger charge is -2.26. The van der Waals surface area contributed by atoms with Crippen molar-refractivity contribution >= 4 is 60.7 Å². The van der Waals surface area contributed by atoms with Crippen molar-refractivity contribution in [3.05, 3.63) is 146 Å². The highest BCUT2D eigenvalue weighted by Crippen LogP contribution is 2.40. The Kier molecular flexibility index (Phi) is 5.14. The number of furan rings is 1. The van der Waals surface area contributed by atoms with Gasteiger partial charge in [-0.3, -0.25) is 0 Å². The number of nitrogens with zero attached hydrogens (tertiary/aromatic N) is 2. The summed E-state index contributed by atoms with van der Waals surface area (Å²) in [7, 11) is 0. The van der Waals surface area contributed by atoms with Crippen LogP contribution in [0.3, 0.4) is 0 Å². The molecule has 0 unspecified atom stereocenters. The monoisotopic (exact) mass is 512 g/mol. The second-order valence-corrected chi connectivity index (χ2v) is 10.1. The molecule has 40 heavy (non-hydrogen) atoms. The minimum absolute atomic E-state index is 0.658. The van der Waals surface area contributed by atoms with E-state index in [0.29, 0.717) is 5.71 Å². The highest BCUT2D eigenvalue weighted by molar-refractivity contribution is 6.09. The summed E-state index contributed by atoms with van der Waals surface area (Å²) in [4.78, 5) is 6.75. The Bertz CT molecular complexity index is 2160. The Balaban J connectivity index is 1.34. The van der Waals surface area contributed by atoms with Gasteiger partial charge in [-0.15, -0.1) is 0 Å². The summed E-state index contributed by atoms with van der Waals surface area (Å²) in [5.41, 5.74) is 7.14. The molecule has 0 saturated heterocycles. The molecule has 0 aliphatic heterocycles. The maximum absolute atomic E-state index is 6.04. The fraction of sp³-hybridized carbons (Fsp3) is 0. The zero-order valence-corrected chi connectivity index (χ0v) is 21.7. The predicted octanol–water partition coefficient (Wildman–Crippen LogP) is 10.4. The van der Waals surface area contributed by atoms with Gasteiger partial charge in [0, 0.05) is 34.0 Å². The summed E-state index contributed by atoms with van der Waals surface area (Å²) in [6, 6.07) is 49.4. The molecule has 0 amide bonds. The molecule has 0 atom stereocenters. The third kappa shape index (κ3) is 3.71. The number of pyridine rings is 1. The van der Waals surface area contributed by atoms with E-state index in [1.54, 1.807) is 6.20 Å². The zero-order chi connectivity index (χ0) is 26.5. The maximum Gasteiger partial charge on any atom is 0.227 e. The van der Waals surface area contributed by atoms with Crippen LogP contribution in [0.25, 0.3) is 54.7 Å². The molecule has 188 valence electrons. The van der Waals surface area contributed by atoms with E-state index in [1.165, 1.54) is 32.7 Å². The maximum atomic E-state index is 6.04. The van der Waals surface area contributed by atoms with Crippen LogP contribution in [0.5, 0.6) is 0 Å². The molecule has 0 N–H and O–H groups in total. The largest absolute Gasteiger partial charge is 0.438 e. The van der Waals surface area contributed by atoms with E-state index in [9.17, 15) is 0 Å². The second-order valence-electron chi connectivity index (χ2n) is 10.1. The highest BCUT2D eigenvalue weighted by atomic mass is 16.3. The van der Waals surface area contributed by atoms with Crippen molar-refractivity contribution in [1.29, 1.82) is 0 Å². The molecule has 8 aromatic rings. The third-order valence-electron chi connectivity index (χ3n) is 7.71. The van der Waals surface area contributed by atoms with Crippen LogP contribution in [0.1, 0.15) is 0 Å². The van der Waals surface area contributed by atoms with Crippen molar-refractivity contribution in [3.8, 4) is 11.1 Å². The lowest BCUT2D eigenvalue weighted by molar-refractivity contribution is 0.654. The molecule has 8 rings (SSSR count). The summed E-state index contributed by atoms with van der Waals surface area (Å²) in [6.07, 6.45) is 1.77. The van der Waals surface area contributed by atoms with Crippen molar-refractivity contribution in [2.45, 2.75) is 0 Å². The van der Waals surface area contributed by atoms with Gasteiger partial charge in [0.15, 0.2) is 0 Å². The average Bonchev–Trinajstić information content (AvgIpc) is 3.40. The van der Waals surface area contributed by atoms with Gasteiger partial charge >= 0.3 is 0 Å². The summed E-state index contributed by atoms with van der Waals surface area (Å²) in [6.45, 7) is 0. The number of aromatic nitrogens is 1. The Hall–Kier alpha value is -5.41. The Morgan fingerprint density at radius 2 is 1.07 bits per heavy atom. The number of anilines is 3. The highest BCUT2D eigenvalue weighted by Gasteiger charge is 2.17. The van der Waals surface area contributed by atoms with Crippen molar-refractivity contribution in [1.82, 2.24) is 4.98 Å². The molecule has 0 aliphatic rings. The van der Waals surface area contributed by atoms with E-state index in [1.807, 2.05) is 18.2 Å². The van der Waals surface area contributed by atoms with Crippen molar-refractivity contribution in [3.63, 3.8) is 0 Å². The topological polar surface area (TPSA) is 29.3 Å². The number of benzene rings is 6. The number of hydrogen-bond acceptors (Lipinski definition) is 3. The van der Waals surface area contributed by atoms with Crippen LogP contribution in [0.15, 0.2) is 150 Å². The van der Waals surface area contributed by atoms with Crippen LogP contribution in [0.4, 0.5) is 17.1 Å². The first-order valence-corrected chi connectivity index (χ1v) is 13.5. The molecule has 0 fully saturated rings. The van der Waals surface area contributed by atoms with Crippen molar-refractivity contribution < 1.29 is 4.42 Å². The fourth-order valence-corrected chi connectivity index (χ4v) is 5.75. The summed E-state index contributed by atoms with van der Waals surface area (Å²) in [5.74, 6) is 0. The smallest absolute Gasteiger partial charge is 0.227 e. The van der Waals surface area contributed by atoms with Gasteiger partial charge in [0.2, 0.25) is 5.71 Å². The van der Waals surface area contributed by atoms with Gasteiger partial charge in [-0.1, -0.05) is 84.9 Å². The lowest BCUT2D eigenvalue weighted by atomic mass is 10.0.